The lowest BCUT2D eigenvalue weighted by molar-refractivity contribution is -0.150. The highest BCUT2D eigenvalue weighted by molar-refractivity contribution is 5.70. The van der Waals surface area contributed by atoms with Gasteiger partial charge < -0.3 is 29.9 Å². The summed E-state index contributed by atoms with van der Waals surface area (Å²) >= 11 is 0. The lowest BCUT2D eigenvalue weighted by atomic mass is 9.92. The lowest BCUT2D eigenvalue weighted by Gasteiger charge is -2.27. The molecule has 0 aromatic carbocycles. The number of esters is 1. The van der Waals surface area contributed by atoms with Crippen LogP contribution in [-0.4, -0.2) is 68.6 Å². The van der Waals surface area contributed by atoms with Crippen molar-refractivity contribution in [2.45, 2.75) is 103 Å². The number of hydrogen-bond acceptors (Lipinski definition) is 7. The molecule has 10 atom stereocenters. The van der Waals surface area contributed by atoms with E-state index in [1.165, 1.54) is 25.2 Å². The van der Waals surface area contributed by atoms with Gasteiger partial charge in [-0.15, -0.1) is 0 Å². The van der Waals surface area contributed by atoms with Gasteiger partial charge in [-0.05, 0) is 38.2 Å². The monoisotopic (exact) mass is 492 g/mol. The van der Waals surface area contributed by atoms with Crippen molar-refractivity contribution in [3.05, 3.63) is 48.1 Å². The summed E-state index contributed by atoms with van der Waals surface area (Å²) < 4.78 is 11.5. The Bertz CT molecular complexity index is 812. The van der Waals surface area contributed by atoms with Crippen LogP contribution in [0.4, 0.5) is 0 Å². The highest BCUT2D eigenvalue weighted by atomic mass is 16.6. The van der Waals surface area contributed by atoms with E-state index in [0.29, 0.717) is 0 Å². The third-order valence-electron chi connectivity index (χ3n) is 6.98. The number of hydrogen-bond donors (Lipinski definition) is 4. The average molecular weight is 493 g/mol. The lowest BCUT2D eigenvalue weighted by Crippen LogP contribution is -2.37. The summed E-state index contributed by atoms with van der Waals surface area (Å²) in [6.45, 7) is 11.3. The van der Waals surface area contributed by atoms with Crippen LogP contribution in [-0.2, 0) is 14.3 Å². The smallest absolute Gasteiger partial charge is 0.309 e. The molecule has 0 amide bonds. The van der Waals surface area contributed by atoms with E-state index in [1.54, 1.807) is 6.08 Å². The minimum absolute atomic E-state index is 0.114. The third kappa shape index (κ3) is 8.99. The normalized spacial score (nSPS) is 39.1. The molecular formula is C28H44O7. The second-order valence-electron chi connectivity index (χ2n) is 10.4. The molecule has 0 aliphatic carbocycles. The van der Waals surface area contributed by atoms with Crippen molar-refractivity contribution in [1.29, 1.82) is 0 Å². The number of cyclic esters (lactones) is 1. The summed E-state index contributed by atoms with van der Waals surface area (Å²) in [5.41, 5.74) is -0.751. The minimum Gasteiger partial charge on any atom is -0.457 e. The first-order valence-electron chi connectivity index (χ1n) is 12.7. The van der Waals surface area contributed by atoms with Crippen LogP contribution in [0.1, 0.15) is 60.8 Å². The maximum Gasteiger partial charge on any atom is 0.309 e. The van der Waals surface area contributed by atoms with E-state index in [4.69, 9.17) is 9.47 Å². The van der Waals surface area contributed by atoms with Crippen LogP contribution in [0, 0.1) is 17.8 Å². The number of ether oxygens (including phenoxy) is 2. The molecule has 7 nitrogen and oxygen atoms in total. The molecule has 0 saturated carbocycles. The quantitative estimate of drug-likeness (QED) is 0.178. The first-order chi connectivity index (χ1) is 16.4. The van der Waals surface area contributed by atoms with Crippen molar-refractivity contribution >= 4 is 5.97 Å². The summed E-state index contributed by atoms with van der Waals surface area (Å²) in [5, 5.41) is 40.9. The van der Waals surface area contributed by atoms with Crippen molar-refractivity contribution in [2.24, 2.45) is 17.8 Å². The number of carbonyl (C=O) groups excluding carboxylic acids is 1. The number of aliphatic hydroxyl groups excluding tert-OH is 3. The van der Waals surface area contributed by atoms with E-state index in [2.05, 4.69) is 13.0 Å². The predicted molar refractivity (Wildman–Crippen MR) is 135 cm³/mol. The molecule has 1 saturated heterocycles. The molecule has 0 radical (unpaired) electrons. The van der Waals surface area contributed by atoms with Gasteiger partial charge in [-0.3, -0.25) is 4.79 Å². The zero-order valence-electron chi connectivity index (χ0n) is 21.9. The molecule has 198 valence electrons. The van der Waals surface area contributed by atoms with E-state index < -0.39 is 29.9 Å². The molecule has 4 N–H and O–H groups in total. The zero-order chi connectivity index (χ0) is 26.3. The molecule has 1 fully saturated rings. The van der Waals surface area contributed by atoms with Crippen molar-refractivity contribution < 1.29 is 34.7 Å². The summed E-state index contributed by atoms with van der Waals surface area (Å²) in [7, 11) is 0. The summed E-state index contributed by atoms with van der Waals surface area (Å²) in [5.74, 6) is -0.405. The fraction of sp³-hybridized carbons (Fsp3) is 0.679. The van der Waals surface area contributed by atoms with Crippen molar-refractivity contribution in [1.82, 2.24) is 0 Å². The Labute approximate surface area is 209 Å². The van der Waals surface area contributed by atoms with Crippen LogP contribution in [0.25, 0.3) is 0 Å². The van der Waals surface area contributed by atoms with Gasteiger partial charge in [0, 0.05) is 11.8 Å². The van der Waals surface area contributed by atoms with Crippen molar-refractivity contribution in [3.8, 4) is 0 Å². The van der Waals surface area contributed by atoms with Crippen LogP contribution in [0.3, 0.4) is 0 Å². The SMILES string of the molecule is CC[C@H](O)[C@@H](C)[C@H]1O[C@@H]1C[C@@H](C)/C=C/C=C(\C)[C@@H]1OC(=O)C[C@H](O)/C=C/[C@@](C)(O)[C@H](O)/C=C/[C@H]1C. The van der Waals surface area contributed by atoms with Gasteiger partial charge in [0.15, 0.2) is 0 Å². The highest BCUT2D eigenvalue weighted by Gasteiger charge is 2.44. The average Bonchev–Trinajstić information content (AvgIpc) is 3.56. The topological polar surface area (TPSA) is 120 Å². The van der Waals surface area contributed by atoms with Gasteiger partial charge in [0.25, 0.3) is 0 Å². The van der Waals surface area contributed by atoms with Gasteiger partial charge in [-0.1, -0.05) is 70.2 Å². The Morgan fingerprint density at radius 3 is 2.60 bits per heavy atom. The maximum absolute atomic E-state index is 12.4. The summed E-state index contributed by atoms with van der Waals surface area (Å²) in [4.78, 5) is 12.4. The maximum atomic E-state index is 12.4. The number of aliphatic hydroxyl groups is 4. The zero-order valence-corrected chi connectivity index (χ0v) is 21.9. The molecule has 0 aromatic heterocycles. The Morgan fingerprint density at radius 2 is 1.94 bits per heavy atom. The molecule has 0 bridgehead atoms. The van der Waals surface area contributed by atoms with Gasteiger partial charge >= 0.3 is 5.97 Å². The van der Waals surface area contributed by atoms with Crippen molar-refractivity contribution in [2.75, 3.05) is 0 Å². The van der Waals surface area contributed by atoms with Gasteiger partial charge in [-0.2, -0.15) is 0 Å². The van der Waals surface area contributed by atoms with E-state index >= 15 is 0 Å². The molecule has 0 unspecified atom stereocenters. The molecule has 2 rings (SSSR count). The molecular weight excluding hydrogens is 448 g/mol. The minimum atomic E-state index is -1.57. The van der Waals surface area contributed by atoms with Crippen LogP contribution >= 0.6 is 0 Å². The van der Waals surface area contributed by atoms with Gasteiger partial charge in [0.1, 0.15) is 17.8 Å². The van der Waals surface area contributed by atoms with Gasteiger partial charge in [0.05, 0.1) is 30.8 Å². The standard InChI is InChI=1S/C28H44O7/c1-7-22(30)20(5)27-23(34-27)15-17(2)9-8-10-18(3)26-19(4)11-12-24(31)28(6,33)14-13-21(29)16-25(32)35-26/h8-14,17,19-24,26-27,29-31,33H,7,15-16H2,1-6H3/b9-8+,12-11+,14-13+,18-10+/t17-,19+,20+,21+,22-,23+,24+,26-,27+,28+/m0/s1. The fourth-order valence-corrected chi connectivity index (χ4v) is 4.36. The van der Waals surface area contributed by atoms with Gasteiger partial charge in [0.2, 0.25) is 0 Å². The molecule has 0 spiro atoms. The first-order valence-corrected chi connectivity index (χ1v) is 12.7. The van der Waals surface area contributed by atoms with Crippen LogP contribution in [0.2, 0.25) is 0 Å². The fourth-order valence-electron chi connectivity index (χ4n) is 4.36. The summed E-state index contributed by atoms with van der Waals surface area (Å²) in [6.07, 6.45) is 10.1. The van der Waals surface area contributed by atoms with E-state index in [1.807, 2.05) is 39.8 Å². The molecule has 7 heteroatoms. The first kappa shape index (κ1) is 29.5. The van der Waals surface area contributed by atoms with Gasteiger partial charge in [-0.25, -0.2) is 0 Å². The van der Waals surface area contributed by atoms with Crippen LogP contribution < -0.4 is 0 Å². The second-order valence-corrected chi connectivity index (χ2v) is 10.4. The van der Waals surface area contributed by atoms with Crippen molar-refractivity contribution in [3.63, 3.8) is 0 Å². The Morgan fingerprint density at radius 1 is 1.26 bits per heavy atom. The van der Waals surface area contributed by atoms with E-state index in [9.17, 15) is 25.2 Å². The highest BCUT2D eigenvalue weighted by Crippen LogP contribution is 2.36. The Kier molecular flexibility index (Phi) is 10.9. The molecule has 35 heavy (non-hydrogen) atoms. The number of rotatable bonds is 8. The summed E-state index contributed by atoms with van der Waals surface area (Å²) in [6, 6.07) is 0. The predicted octanol–water partition coefficient (Wildman–Crippen LogP) is 3.23. The van der Waals surface area contributed by atoms with Crippen LogP contribution in [0.5, 0.6) is 0 Å². The van der Waals surface area contributed by atoms with Crippen LogP contribution in [0.15, 0.2) is 48.1 Å². The molecule has 2 aliphatic heterocycles. The molecule has 2 heterocycles. The number of allylic oxidation sites excluding steroid dienone is 3. The van der Waals surface area contributed by atoms with E-state index in [-0.39, 0.29) is 42.5 Å². The Balaban J connectivity index is 2.05. The third-order valence-corrected chi connectivity index (χ3v) is 6.98. The number of carbonyl (C=O) groups is 1. The molecule has 2 aliphatic rings. The largest absolute Gasteiger partial charge is 0.457 e. The molecule has 0 aromatic rings. The van der Waals surface area contributed by atoms with E-state index in [0.717, 1.165) is 18.4 Å². The number of epoxide rings is 1. The second kappa shape index (κ2) is 13.0. The Hall–Kier alpha value is -1.77.